The molecular formula is C14H19ClF2N2. The summed E-state index contributed by atoms with van der Waals surface area (Å²) < 4.78 is 27.2. The summed E-state index contributed by atoms with van der Waals surface area (Å²) >= 11 is 0. The first kappa shape index (κ1) is 14.7. The van der Waals surface area contributed by atoms with Gasteiger partial charge < -0.3 is 5.32 Å². The zero-order chi connectivity index (χ0) is 12.6. The predicted molar refractivity (Wildman–Crippen MR) is 73.4 cm³/mol. The molecule has 19 heavy (non-hydrogen) atoms. The third-order valence-corrected chi connectivity index (χ3v) is 4.29. The van der Waals surface area contributed by atoms with Gasteiger partial charge in [-0.15, -0.1) is 12.4 Å². The van der Waals surface area contributed by atoms with Crippen LogP contribution in [-0.4, -0.2) is 31.1 Å². The van der Waals surface area contributed by atoms with Gasteiger partial charge in [0.25, 0.3) is 0 Å². The number of hydrogen-bond donors (Lipinski definition) is 1. The first-order chi connectivity index (χ1) is 8.69. The van der Waals surface area contributed by atoms with E-state index in [2.05, 4.69) is 10.2 Å². The average Bonchev–Trinajstić information content (AvgIpc) is 2.96. The molecule has 1 unspecified atom stereocenters. The summed E-state index contributed by atoms with van der Waals surface area (Å²) in [7, 11) is 0. The maximum Gasteiger partial charge on any atom is 0.130 e. The Hall–Kier alpha value is -0.710. The molecule has 2 aliphatic heterocycles. The molecule has 0 amide bonds. The number of benzene rings is 1. The Bertz CT molecular complexity index is 427. The first-order valence-corrected chi connectivity index (χ1v) is 6.55. The van der Waals surface area contributed by atoms with Crippen LogP contribution in [0.25, 0.3) is 0 Å². The molecule has 1 atom stereocenters. The van der Waals surface area contributed by atoms with Crippen LogP contribution in [0.1, 0.15) is 18.4 Å². The van der Waals surface area contributed by atoms with Gasteiger partial charge in [-0.05, 0) is 43.5 Å². The number of likely N-dealkylation sites (tertiary alicyclic amines) is 1. The van der Waals surface area contributed by atoms with E-state index in [9.17, 15) is 8.78 Å². The molecule has 2 heterocycles. The van der Waals surface area contributed by atoms with Crippen LogP contribution in [-0.2, 0) is 6.54 Å². The summed E-state index contributed by atoms with van der Waals surface area (Å²) in [5, 5.41) is 3.39. The highest BCUT2D eigenvalue weighted by atomic mass is 35.5. The molecule has 0 aromatic heterocycles. The van der Waals surface area contributed by atoms with Crippen molar-refractivity contribution in [3.63, 3.8) is 0 Å². The summed E-state index contributed by atoms with van der Waals surface area (Å²) in [6, 6.07) is 4.09. The first-order valence-electron chi connectivity index (χ1n) is 6.55. The molecule has 1 spiro atoms. The molecule has 2 aliphatic rings. The van der Waals surface area contributed by atoms with E-state index >= 15 is 0 Å². The van der Waals surface area contributed by atoms with E-state index in [0.717, 1.165) is 32.6 Å². The number of halogens is 3. The van der Waals surface area contributed by atoms with Gasteiger partial charge in [-0.25, -0.2) is 8.78 Å². The topological polar surface area (TPSA) is 15.3 Å². The molecule has 0 saturated carbocycles. The Morgan fingerprint density at radius 3 is 2.58 bits per heavy atom. The smallest absolute Gasteiger partial charge is 0.130 e. The predicted octanol–water partition coefficient (Wildman–Crippen LogP) is 2.57. The quantitative estimate of drug-likeness (QED) is 0.900. The average molecular weight is 289 g/mol. The second-order valence-corrected chi connectivity index (χ2v) is 5.59. The van der Waals surface area contributed by atoms with Gasteiger partial charge in [0.05, 0.1) is 0 Å². The van der Waals surface area contributed by atoms with Gasteiger partial charge in [-0.1, -0.05) is 6.07 Å². The molecule has 2 fully saturated rings. The summed E-state index contributed by atoms with van der Waals surface area (Å²) in [4.78, 5) is 2.18. The molecular weight excluding hydrogens is 270 g/mol. The Morgan fingerprint density at radius 2 is 1.95 bits per heavy atom. The molecule has 1 aromatic rings. The standard InChI is InChI=1S/C14H18F2N2.ClH/c15-12-2-1-3-13(16)11(12)8-18-7-5-14(10-18)4-6-17-9-14;/h1-3,17H,4-10H2;1H. The highest BCUT2D eigenvalue weighted by Crippen LogP contribution is 2.36. The summed E-state index contributed by atoms with van der Waals surface area (Å²) in [5.41, 5.74) is 0.558. The van der Waals surface area contributed by atoms with Crippen molar-refractivity contribution in [2.24, 2.45) is 5.41 Å². The molecule has 3 rings (SSSR count). The largest absolute Gasteiger partial charge is 0.316 e. The van der Waals surface area contributed by atoms with Gasteiger partial charge in [-0.3, -0.25) is 4.90 Å². The molecule has 106 valence electrons. The van der Waals surface area contributed by atoms with E-state index in [1.807, 2.05) is 0 Å². The van der Waals surface area contributed by atoms with E-state index < -0.39 is 11.6 Å². The van der Waals surface area contributed by atoms with Crippen LogP contribution < -0.4 is 5.32 Å². The molecule has 1 aromatic carbocycles. The lowest BCUT2D eigenvalue weighted by atomic mass is 9.86. The maximum atomic E-state index is 13.6. The van der Waals surface area contributed by atoms with Crippen molar-refractivity contribution >= 4 is 12.4 Å². The molecule has 0 bridgehead atoms. The SMILES string of the molecule is Cl.Fc1cccc(F)c1CN1CCC2(CCNC2)C1. The van der Waals surface area contributed by atoms with Gasteiger partial charge >= 0.3 is 0 Å². The normalized spacial score (nSPS) is 26.8. The van der Waals surface area contributed by atoms with E-state index in [4.69, 9.17) is 0 Å². The number of rotatable bonds is 2. The lowest BCUT2D eigenvalue weighted by molar-refractivity contribution is 0.262. The van der Waals surface area contributed by atoms with E-state index in [1.54, 1.807) is 0 Å². The van der Waals surface area contributed by atoms with E-state index in [1.165, 1.54) is 24.6 Å². The Balaban J connectivity index is 0.00000133. The van der Waals surface area contributed by atoms with Crippen molar-refractivity contribution < 1.29 is 8.78 Å². The fourth-order valence-corrected chi connectivity index (χ4v) is 3.21. The second-order valence-electron chi connectivity index (χ2n) is 5.59. The summed E-state index contributed by atoms with van der Waals surface area (Å²) in [5.74, 6) is -0.860. The molecule has 0 radical (unpaired) electrons. The fraction of sp³-hybridized carbons (Fsp3) is 0.571. The lowest BCUT2D eigenvalue weighted by Crippen LogP contribution is -2.29. The number of nitrogens with zero attached hydrogens (tertiary/aromatic N) is 1. The van der Waals surface area contributed by atoms with Gasteiger partial charge in [0.1, 0.15) is 11.6 Å². The minimum Gasteiger partial charge on any atom is -0.316 e. The van der Waals surface area contributed by atoms with Crippen LogP contribution in [0.4, 0.5) is 8.78 Å². The van der Waals surface area contributed by atoms with Crippen molar-refractivity contribution in [2.45, 2.75) is 19.4 Å². The highest BCUT2D eigenvalue weighted by molar-refractivity contribution is 5.85. The molecule has 5 heteroatoms. The number of nitrogens with one attached hydrogen (secondary N) is 1. The van der Waals surface area contributed by atoms with Gasteiger partial charge in [0.15, 0.2) is 0 Å². The summed E-state index contributed by atoms with van der Waals surface area (Å²) in [6.07, 6.45) is 2.32. The van der Waals surface area contributed by atoms with E-state index in [-0.39, 0.29) is 18.0 Å². The summed E-state index contributed by atoms with van der Waals surface area (Å²) in [6.45, 7) is 4.40. The molecule has 1 N–H and O–H groups in total. The molecule has 2 saturated heterocycles. The van der Waals surface area contributed by atoms with Crippen LogP contribution >= 0.6 is 12.4 Å². The third-order valence-electron chi connectivity index (χ3n) is 4.29. The Kier molecular flexibility index (Phi) is 4.43. The Labute approximate surface area is 118 Å². The zero-order valence-corrected chi connectivity index (χ0v) is 11.6. The minimum absolute atomic E-state index is 0. The lowest BCUT2D eigenvalue weighted by Gasteiger charge is -2.23. The minimum atomic E-state index is -0.430. The third kappa shape index (κ3) is 2.91. The van der Waals surface area contributed by atoms with Crippen molar-refractivity contribution in [3.05, 3.63) is 35.4 Å². The molecule has 0 aliphatic carbocycles. The maximum absolute atomic E-state index is 13.6. The van der Waals surface area contributed by atoms with Crippen LogP contribution in [0, 0.1) is 17.0 Å². The van der Waals surface area contributed by atoms with Crippen molar-refractivity contribution in [1.29, 1.82) is 0 Å². The van der Waals surface area contributed by atoms with Crippen LogP contribution in [0.5, 0.6) is 0 Å². The number of hydrogen-bond acceptors (Lipinski definition) is 2. The fourth-order valence-electron chi connectivity index (χ4n) is 3.21. The highest BCUT2D eigenvalue weighted by Gasteiger charge is 2.40. The van der Waals surface area contributed by atoms with Crippen LogP contribution in [0.2, 0.25) is 0 Å². The van der Waals surface area contributed by atoms with Gasteiger partial charge in [0, 0.05) is 25.2 Å². The van der Waals surface area contributed by atoms with Crippen LogP contribution in [0.3, 0.4) is 0 Å². The van der Waals surface area contributed by atoms with Crippen LogP contribution in [0.15, 0.2) is 18.2 Å². The molecule has 2 nitrogen and oxygen atoms in total. The zero-order valence-electron chi connectivity index (χ0n) is 10.8. The monoisotopic (exact) mass is 288 g/mol. The van der Waals surface area contributed by atoms with Crippen molar-refractivity contribution in [3.8, 4) is 0 Å². The second kappa shape index (κ2) is 5.73. The van der Waals surface area contributed by atoms with Crippen molar-refractivity contribution in [2.75, 3.05) is 26.2 Å². The van der Waals surface area contributed by atoms with E-state index in [0.29, 0.717) is 12.0 Å². The van der Waals surface area contributed by atoms with Crippen molar-refractivity contribution in [1.82, 2.24) is 10.2 Å². The van der Waals surface area contributed by atoms with Gasteiger partial charge in [0.2, 0.25) is 0 Å². The Morgan fingerprint density at radius 1 is 1.21 bits per heavy atom. The van der Waals surface area contributed by atoms with Gasteiger partial charge in [-0.2, -0.15) is 0 Å².